The molecule has 4 rings (SSSR count). The maximum absolute atomic E-state index is 5.53. The lowest BCUT2D eigenvalue weighted by atomic mass is 9.63. The lowest BCUT2D eigenvalue weighted by Gasteiger charge is -2.42. The standard InChI is InChI=1S/C17H22N4O/c1-11-15(9-18-10-19-11)17-20-16(22-21-17)8-14(12-4-2-5-12)13-6-3-7-13/h9-10,12-14H,2-8H2,1H3. The van der Waals surface area contributed by atoms with Gasteiger partial charge in [0.2, 0.25) is 11.7 Å². The van der Waals surface area contributed by atoms with Crippen LogP contribution in [0.4, 0.5) is 0 Å². The molecule has 0 unspecified atom stereocenters. The second kappa shape index (κ2) is 5.78. The van der Waals surface area contributed by atoms with Gasteiger partial charge in [-0.05, 0) is 24.7 Å². The first-order valence-corrected chi connectivity index (χ1v) is 8.41. The molecule has 0 atom stereocenters. The molecule has 2 aromatic rings. The summed E-state index contributed by atoms with van der Waals surface area (Å²) in [5, 5.41) is 4.14. The van der Waals surface area contributed by atoms with Gasteiger partial charge in [-0.3, -0.25) is 0 Å². The largest absolute Gasteiger partial charge is 0.339 e. The van der Waals surface area contributed by atoms with E-state index in [1.807, 2.05) is 6.92 Å². The van der Waals surface area contributed by atoms with Crippen molar-refractivity contribution in [3.63, 3.8) is 0 Å². The first-order valence-electron chi connectivity index (χ1n) is 8.41. The van der Waals surface area contributed by atoms with E-state index in [2.05, 4.69) is 20.1 Å². The quantitative estimate of drug-likeness (QED) is 0.844. The van der Waals surface area contributed by atoms with E-state index in [4.69, 9.17) is 4.52 Å². The second-order valence-corrected chi connectivity index (χ2v) is 6.78. The van der Waals surface area contributed by atoms with Gasteiger partial charge in [-0.1, -0.05) is 43.7 Å². The lowest BCUT2D eigenvalue weighted by Crippen LogP contribution is -2.33. The summed E-state index contributed by atoms with van der Waals surface area (Å²) >= 11 is 0. The fourth-order valence-corrected chi connectivity index (χ4v) is 3.71. The number of hydrogen-bond acceptors (Lipinski definition) is 5. The Balaban J connectivity index is 1.52. The van der Waals surface area contributed by atoms with E-state index < -0.39 is 0 Å². The first kappa shape index (κ1) is 13.9. The van der Waals surface area contributed by atoms with Gasteiger partial charge in [0.25, 0.3) is 0 Å². The fraction of sp³-hybridized carbons (Fsp3) is 0.647. The monoisotopic (exact) mass is 298 g/mol. The first-order chi connectivity index (χ1) is 10.8. The number of aryl methyl sites for hydroxylation is 1. The molecule has 2 aliphatic carbocycles. The third-order valence-electron chi connectivity index (χ3n) is 5.54. The molecule has 0 aromatic carbocycles. The van der Waals surface area contributed by atoms with Gasteiger partial charge in [0.05, 0.1) is 11.3 Å². The van der Waals surface area contributed by atoms with Crippen molar-refractivity contribution < 1.29 is 4.52 Å². The van der Waals surface area contributed by atoms with Crippen molar-refractivity contribution in [2.24, 2.45) is 17.8 Å². The Morgan fingerprint density at radius 1 is 1.18 bits per heavy atom. The van der Waals surface area contributed by atoms with Crippen LogP contribution in [0.15, 0.2) is 17.0 Å². The van der Waals surface area contributed by atoms with E-state index in [-0.39, 0.29) is 0 Å². The maximum Gasteiger partial charge on any atom is 0.227 e. The molecule has 0 bridgehead atoms. The van der Waals surface area contributed by atoms with Gasteiger partial charge in [-0.2, -0.15) is 4.98 Å². The van der Waals surface area contributed by atoms with Gasteiger partial charge < -0.3 is 4.52 Å². The predicted molar refractivity (Wildman–Crippen MR) is 81.9 cm³/mol. The van der Waals surface area contributed by atoms with Crippen LogP contribution in [0.25, 0.3) is 11.4 Å². The minimum atomic E-state index is 0.620. The summed E-state index contributed by atoms with van der Waals surface area (Å²) in [6.07, 6.45) is 12.6. The third-order valence-corrected chi connectivity index (χ3v) is 5.54. The van der Waals surface area contributed by atoms with Crippen molar-refractivity contribution >= 4 is 0 Å². The number of rotatable bonds is 5. The summed E-state index contributed by atoms with van der Waals surface area (Å²) in [5.74, 6) is 3.89. The molecule has 0 radical (unpaired) electrons. The SMILES string of the molecule is Cc1ncncc1-c1noc(CC(C2CCC2)C2CCC2)n1. The van der Waals surface area contributed by atoms with Crippen molar-refractivity contribution in [2.45, 2.75) is 51.9 Å². The van der Waals surface area contributed by atoms with Gasteiger partial charge in [0.1, 0.15) is 6.33 Å². The van der Waals surface area contributed by atoms with Crippen molar-refractivity contribution in [1.29, 1.82) is 0 Å². The van der Waals surface area contributed by atoms with Gasteiger partial charge in [0, 0.05) is 12.6 Å². The molecule has 5 nitrogen and oxygen atoms in total. The van der Waals surface area contributed by atoms with Crippen LogP contribution >= 0.6 is 0 Å². The average molecular weight is 298 g/mol. The molecule has 2 saturated carbocycles. The molecule has 5 heteroatoms. The summed E-state index contributed by atoms with van der Waals surface area (Å²) in [4.78, 5) is 12.9. The van der Waals surface area contributed by atoms with Crippen LogP contribution < -0.4 is 0 Å². The fourth-order valence-electron chi connectivity index (χ4n) is 3.71. The topological polar surface area (TPSA) is 64.7 Å². The Morgan fingerprint density at radius 3 is 2.50 bits per heavy atom. The molecule has 0 N–H and O–H groups in total. The Bertz CT molecular complexity index is 632. The molecule has 2 aromatic heterocycles. The van der Waals surface area contributed by atoms with Crippen molar-refractivity contribution in [2.75, 3.05) is 0 Å². The summed E-state index contributed by atoms with van der Waals surface area (Å²) in [6, 6.07) is 0. The lowest BCUT2D eigenvalue weighted by molar-refractivity contribution is 0.0858. The van der Waals surface area contributed by atoms with Crippen LogP contribution in [0.1, 0.15) is 50.1 Å². The molecule has 0 spiro atoms. The van der Waals surface area contributed by atoms with Crippen molar-refractivity contribution in [1.82, 2.24) is 20.1 Å². The molecule has 116 valence electrons. The molecule has 0 amide bonds. The molecule has 0 aliphatic heterocycles. The summed E-state index contributed by atoms with van der Waals surface area (Å²) < 4.78 is 5.53. The van der Waals surface area contributed by atoms with E-state index in [1.54, 1.807) is 12.5 Å². The van der Waals surface area contributed by atoms with Crippen LogP contribution in [0.2, 0.25) is 0 Å². The highest BCUT2D eigenvalue weighted by molar-refractivity contribution is 5.55. The highest BCUT2D eigenvalue weighted by Gasteiger charge is 2.37. The predicted octanol–water partition coefficient (Wildman–Crippen LogP) is 3.59. The maximum atomic E-state index is 5.53. The molecular weight excluding hydrogens is 276 g/mol. The molecule has 0 saturated heterocycles. The zero-order chi connectivity index (χ0) is 14.9. The minimum Gasteiger partial charge on any atom is -0.339 e. The number of nitrogens with zero attached hydrogens (tertiary/aromatic N) is 4. The van der Waals surface area contributed by atoms with Crippen LogP contribution in [-0.2, 0) is 6.42 Å². The molecule has 2 fully saturated rings. The van der Waals surface area contributed by atoms with Crippen molar-refractivity contribution in [3.8, 4) is 11.4 Å². The number of hydrogen-bond donors (Lipinski definition) is 0. The Hall–Kier alpha value is -1.78. The van der Waals surface area contributed by atoms with Crippen LogP contribution in [-0.4, -0.2) is 20.1 Å². The smallest absolute Gasteiger partial charge is 0.227 e. The van der Waals surface area contributed by atoms with Gasteiger partial charge >= 0.3 is 0 Å². The Labute approximate surface area is 130 Å². The zero-order valence-corrected chi connectivity index (χ0v) is 13.0. The number of aromatic nitrogens is 4. The zero-order valence-electron chi connectivity index (χ0n) is 13.0. The van der Waals surface area contributed by atoms with Gasteiger partial charge in [-0.25, -0.2) is 9.97 Å². The second-order valence-electron chi connectivity index (χ2n) is 6.78. The summed E-state index contributed by atoms with van der Waals surface area (Å²) in [7, 11) is 0. The summed E-state index contributed by atoms with van der Waals surface area (Å²) in [6.45, 7) is 1.94. The van der Waals surface area contributed by atoms with Crippen LogP contribution in [0.5, 0.6) is 0 Å². The van der Waals surface area contributed by atoms with E-state index in [9.17, 15) is 0 Å². The molecular formula is C17H22N4O. The molecule has 22 heavy (non-hydrogen) atoms. The van der Waals surface area contributed by atoms with Gasteiger partial charge in [-0.15, -0.1) is 0 Å². The van der Waals surface area contributed by atoms with Crippen LogP contribution in [0.3, 0.4) is 0 Å². The molecule has 2 heterocycles. The van der Waals surface area contributed by atoms with Crippen molar-refractivity contribution in [3.05, 3.63) is 24.1 Å². The highest BCUT2D eigenvalue weighted by Crippen LogP contribution is 2.45. The van der Waals surface area contributed by atoms with Crippen LogP contribution in [0, 0.1) is 24.7 Å². The van der Waals surface area contributed by atoms with E-state index >= 15 is 0 Å². The molecule has 2 aliphatic rings. The minimum absolute atomic E-state index is 0.620. The Morgan fingerprint density at radius 2 is 1.91 bits per heavy atom. The third kappa shape index (κ3) is 2.53. The average Bonchev–Trinajstić information content (AvgIpc) is 2.83. The van der Waals surface area contributed by atoms with E-state index in [0.717, 1.165) is 41.3 Å². The highest BCUT2D eigenvalue weighted by atomic mass is 16.5. The van der Waals surface area contributed by atoms with E-state index in [1.165, 1.54) is 38.5 Å². The normalized spacial score (nSPS) is 19.2. The summed E-state index contributed by atoms with van der Waals surface area (Å²) in [5.41, 5.74) is 1.75. The Kier molecular flexibility index (Phi) is 3.64. The van der Waals surface area contributed by atoms with E-state index in [0.29, 0.717) is 5.82 Å². The van der Waals surface area contributed by atoms with Gasteiger partial charge in [0.15, 0.2) is 0 Å².